The molecule has 1 radical (unpaired) electrons. The number of ketones is 1. The minimum atomic E-state index is -0.629. The molecule has 8 nitrogen and oxygen atoms in total. The van der Waals surface area contributed by atoms with Crippen LogP contribution in [0, 0.1) is 20.2 Å². The van der Waals surface area contributed by atoms with Crippen molar-refractivity contribution in [1.82, 2.24) is 0 Å². The van der Waals surface area contributed by atoms with Crippen LogP contribution >= 0.6 is 0 Å². The Balaban J connectivity index is 1.96. The van der Waals surface area contributed by atoms with Gasteiger partial charge in [-0.05, 0) is 41.5 Å². The van der Waals surface area contributed by atoms with E-state index in [4.69, 9.17) is 0 Å². The topological polar surface area (TPSA) is 120 Å². The normalized spacial score (nSPS) is 10.7. The SMILES string of the molecule is O=[C]c1ccc(C(=O)c2ccccc2[N+](=O)[O-])cc1/C=C/c1ccc([N+](=O)[O-])cc1. The lowest BCUT2D eigenvalue weighted by atomic mass is 9.97. The van der Waals surface area contributed by atoms with Crippen LogP contribution in [0.2, 0.25) is 0 Å². The highest BCUT2D eigenvalue weighted by atomic mass is 16.6. The molecular formula is C22H13N2O6. The summed E-state index contributed by atoms with van der Waals surface area (Å²) in [5.41, 5.74) is 0.984. The van der Waals surface area contributed by atoms with Crippen LogP contribution in [0.1, 0.15) is 32.6 Å². The molecule has 0 amide bonds. The summed E-state index contributed by atoms with van der Waals surface area (Å²) in [5, 5.41) is 21.9. The number of nitro groups is 2. The van der Waals surface area contributed by atoms with Crippen LogP contribution in [0.25, 0.3) is 12.2 Å². The summed E-state index contributed by atoms with van der Waals surface area (Å²) in [4.78, 5) is 44.8. The van der Waals surface area contributed by atoms with Crippen molar-refractivity contribution in [2.24, 2.45) is 0 Å². The number of rotatable bonds is 7. The second-order valence-corrected chi connectivity index (χ2v) is 6.19. The van der Waals surface area contributed by atoms with E-state index >= 15 is 0 Å². The minimum Gasteiger partial charge on any atom is -0.288 e. The van der Waals surface area contributed by atoms with E-state index in [9.17, 15) is 29.8 Å². The van der Waals surface area contributed by atoms with Crippen LogP contribution in [0.4, 0.5) is 11.4 Å². The zero-order valence-corrected chi connectivity index (χ0v) is 15.3. The van der Waals surface area contributed by atoms with Crippen LogP contribution in [-0.4, -0.2) is 21.9 Å². The summed E-state index contributed by atoms with van der Waals surface area (Å²) in [6, 6.07) is 15.7. The number of nitrogens with zero attached hydrogens (tertiary/aromatic N) is 2. The minimum absolute atomic E-state index is 0.0499. The van der Waals surface area contributed by atoms with Gasteiger partial charge in [-0.1, -0.05) is 30.4 Å². The lowest BCUT2D eigenvalue weighted by Gasteiger charge is -2.05. The lowest BCUT2D eigenvalue weighted by Crippen LogP contribution is -2.06. The average molecular weight is 401 g/mol. The van der Waals surface area contributed by atoms with Crippen molar-refractivity contribution in [3.63, 3.8) is 0 Å². The maximum atomic E-state index is 12.8. The van der Waals surface area contributed by atoms with Crippen molar-refractivity contribution in [2.75, 3.05) is 0 Å². The molecule has 3 aromatic rings. The van der Waals surface area contributed by atoms with Gasteiger partial charge in [0.05, 0.1) is 9.85 Å². The molecule has 0 aliphatic carbocycles. The highest BCUT2D eigenvalue weighted by Gasteiger charge is 2.21. The lowest BCUT2D eigenvalue weighted by molar-refractivity contribution is -0.385. The van der Waals surface area contributed by atoms with Gasteiger partial charge in [0.25, 0.3) is 11.4 Å². The van der Waals surface area contributed by atoms with Crippen molar-refractivity contribution < 1.29 is 19.4 Å². The van der Waals surface area contributed by atoms with Gasteiger partial charge in [-0.25, -0.2) is 0 Å². The first-order chi connectivity index (χ1) is 14.4. The first-order valence-electron chi connectivity index (χ1n) is 8.63. The quantitative estimate of drug-likeness (QED) is 0.251. The fraction of sp³-hybridized carbons (Fsp3) is 0. The molecule has 0 bridgehead atoms. The molecular weight excluding hydrogens is 388 g/mol. The molecule has 0 atom stereocenters. The van der Waals surface area contributed by atoms with E-state index in [2.05, 4.69) is 0 Å². The molecule has 30 heavy (non-hydrogen) atoms. The fourth-order valence-electron chi connectivity index (χ4n) is 2.81. The van der Waals surface area contributed by atoms with Crippen molar-refractivity contribution >= 4 is 35.6 Å². The Morgan fingerprint density at radius 1 is 0.867 bits per heavy atom. The Morgan fingerprint density at radius 2 is 1.57 bits per heavy atom. The van der Waals surface area contributed by atoms with E-state index in [0.29, 0.717) is 11.1 Å². The first-order valence-corrected chi connectivity index (χ1v) is 8.63. The van der Waals surface area contributed by atoms with Crippen molar-refractivity contribution in [1.29, 1.82) is 0 Å². The van der Waals surface area contributed by atoms with Gasteiger partial charge in [-0.15, -0.1) is 0 Å². The van der Waals surface area contributed by atoms with Gasteiger partial charge in [0, 0.05) is 29.3 Å². The largest absolute Gasteiger partial charge is 0.288 e. The molecule has 0 spiro atoms. The standard InChI is InChI=1S/C22H13N2O6/c25-14-18-10-9-17(22(26)20-3-1-2-4-21(20)24(29)30)13-16(18)8-5-15-6-11-19(12-7-15)23(27)28/h1-13H/b8-5+. The van der Waals surface area contributed by atoms with Gasteiger partial charge in [-0.2, -0.15) is 0 Å². The second-order valence-electron chi connectivity index (χ2n) is 6.19. The van der Waals surface area contributed by atoms with Gasteiger partial charge >= 0.3 is 0 Å². The zero-order valence-electron chi connectivity index (χ0n) is 15.3. The van der Waals surface area contributed by atoms with Gasteiger partial charge in [0.15, 0.2) is 5.78 Å². The van der Waals surface area contributed by atoms with Crippen molar-refractivity contribution in [3.8, 4) is 0 Å². The Kier molecular flexibility index (Phi) is 5.88. The Hall–Kier alpha value is -4.46. The van der Waals surface area contributed by atoms with Crippen LogP contribution in [-0.2, 0) is 4.79 Å². The number of carbonyl (C=O) groups excluding carboxylic acids is 2. The van der Waals surface area contributed by atoms with Crippen LogP contribution < -0.4 is 0 Å². The van der Waals surface area contributed by atoms with E-state index in [1.807, 2.05) is 0 Å². The maximum Gasteiger partial charge on any atom is 0.280 e. The predicted molar refractivity (Wildman–Crippen MR) is 110 cm³/mol. The van der Waals surface area contributed by atoms with Gasteiger partial charge in [0.1, 0.15) is 5.56 Å². The molecule has 0 fully saturated rings. The van der Waals surface area contributed by atoms with Gasteiger partial charge in [-0.3, -0.25) is 29.8 Å². The number of benzene rings is 3. The van der Waals surface area contributed by atoms with E-state index in [0.717, 1.165) is 0 Å². The number of nitro benzene ring substituents is 2. The molecule has 0 heterocycles. The zero-order chi connectivity index (χ0) is 21.7. The number of hydrogen-bond acceptors (Lipinski definition) is 6. The van der Waals surface area contributed by atoms with Crippen LogP contribution in [0.3, 0.4) is 0 Å². The molecule has 0 aliphatic rings. The molecule has 0 saturated heterocycles. The molecule has 0 aromatic heterocycles. The Morgan fingerprint density at radius 3 is 2.20 bits per heavy atom. The molecule has 8 heteroatoms. The van der Waals surface area contributed by atoms with Crippen LogP contribution in [0.5, 0.6) is 0 Å². The summed E-state index contributed by atoms with van der Waals surface area (Å²) >= 11 is 0. The number of non-ortho nitro benzene ring substituents is 1. The monoisotopic (exact) mass is 401 g/mol. The Bertz CT molecular complexity index is 1180. The highest BCUT2D eigenvalue weighted by molar-refractivity contribution is 6.12. The molecule has 0 aliphatic heterocycles. The summed E-state index contributed by atoms with van der Waals surface area (Å²) in [6.45, 7) is 0. The average Bonchev–Trinajstić information content (AvgIpc) is 2.77. The third-order valence-electron chi connectivity index (χ3n) is 4.33. The summed E-state index contributed by atoms with van der Waals surface area (Å²) in [5.74, 6) is -0.551. The molecule has 0 N–H and O–H groups in total. The van der Waals surface area contributed by atoms with Crippen LogP contribution in [0.15, 0.2) is 66.7 Å². The van der Waals surface area contributed by atoms with Gasteiger partial charge < -0.3 is 0 Å². The van der Waals surface area contributed by atoms with E-state index < -0.39 is 15.6 Å². The fourth-order valence-corrected chi connectivity index (χ4v) is 2.81. The molecule has 0 unspecified atom stereocenters. The van der Waals surface area contributed by atoms with Gasteiger partial charge in [0.2, 0.25) is 6.29 Å². The highest BCUT2D eigenvalue weighted by Crippen LogP contribution is 2.23. The molecule has 3 rings (SSSR count). The number of hydrogen-bond donors (Lipinski definition) is 0. The number of para-hydroxylation sites is 1. The summed E-state index contributed by atoms with van der Waals surface area (Å²) in [6.07, 6.45) is 4.97. The third kappa shape index (κ3) is 4.33. The molecule has 3 aromatic carbocycles. The molecule has 0 saturated carbocycles. The van der Waals surface area contributed by atoms with E-state index in [-0.39, 0.29) is 28.1 Å². The summed E-state index contributed by atoms with van der Waals surface area (Å²) < 4.78 is 0. The first kappa shape index (κ1) is 20.3. The van der Waals surface area contributed by atoms with E-state index in [1.54, 1.807) is 30.6 Å². The van der Waals surface area contributed by atoms with E-state index in [1.165, 1.54) is 54.6 Å². The van der Waals surface area contributed by atoms with Crippen molar-refractivity contribution in [2.45, 2.75) is 0 Å². The predicted octanol–water partition coefficient (Wildman–Crippen LogP) is 4.36. The second kappa shape index (κ2) is 8.70. The smallest absolute Gasteiger partial charge is 0.280 e. The number of carbonyl (C=O) groups is 1. The Labute approximate surface area is 170 Å². The molecule has 147 valence electrons. The summed E-state index contributed by atoms with van der Waals surface area (Å²) in [7, 11) is 0. The van der Waals surface area contributed by atoms with Crippen molar-refractivity contribution in [3.05, 3.63) is 115 Å². The maximum absolute atomic E-state index is 12.8. The third-order valence-corrected chi connectivity index (χ3v) is 4.33.